The number of nitrogens with zero attached hydrogens (tertiary/aromatic N) is 1. The SMILES string of the molecule is CCC(NC(=O)N1CCC(CO)C1)C(C)(C)c1ccccc1. The van der Waals surface area contributed by atoms with Gasteiger partial charge in [0.15, 0.2) is 0 Å². The highest BCUT2D eigenvalue weighted by Gasteiger charge is 2.33. The number of hydrogen-bond acceptors (Lipinski definition) is 2. The van der Waals surface area contributed by atoms with E-state index in [0.717, 1.165) is 19.4 Å². The van der Waals surface area contributed by atoms with E-state index in [4.69, 9.17) is 0 Å². The Morgan fingerprint density at radius 1 is 1.41 bits per heavy atom. The van der Waals surface area contributed by atoms with Crippen molar-refractivity contribution >= 4 is 6.03 Å². The molecule has 1 heterocycles. The highest BCUT2D eigenvalue weighted by Crippen LogP contribution is 2.29. The van der Waals surface area contributed by atoms with Gasteiger partial charge in [-0.3, -0.25) is 0 Å². The number of carbonyl (C=O) groups excluding carboxylic acids is 1. The summed E-state index contributed by atoms with van der Waals surface area (Å²) in [5.41, 5.74) is 1.11. The Kier molecular flexibility index (Phi) is 5.46. The first-order valence-corrected chi connectivity index (χ1v) is 8.20. The quantitative estimate of drug-likeness (QED) is 0.879. The fourth-order valence-corrected chi connectivity index (χ4v) is 3.27. The van der Waals surface area contributed by atoms with Crippen LogP contribution in [-0.4, -0.2) is 41.8 Å². The van der Waals surface area contributed by atoms with Crippen LogP contribution < -0.4 is 5.32 Å². The zero-order chi connectivity index (χ0) is 16.2. The van der Waals surface area contributed by atoms with Crippen LogP contribution in [0.1, 0.15) is 39.2 Å². The van der Waals surface area contributed by atoms with Gasteiger partial charge in [0.05, 0.1) is 0 Å². The van der Waals surface area contributed by atoms with E-state index in [1.807, 2.05) is 23.1 Å². The third-order valence-corrected chi connectivity index (χ3v) is 4.93. The first-order valence-electron chi connectivity index (χ1n) is 8.20. The maximum absolute atomic E-state index is 12.5. The van der Waals surface area contributed by atoms with Crippen LogP contribution >= 0.6 is 0 Å². The highest BCUT2D eigenvalue weighted by molar-refractivity contribution is 5.75. The van der Waals surface area contributed by atoms with Crippen molar-refractivity contribution < 1.29 is 9.90 Å². The van der Waals surface area contributed by atoms with Gasteiger partial charge in [-0.25, -0.2) is 4.79 Å². The van der Waals surface area contributed by atoms with Gasteiger partial charge < -0.3 is 15.3 Å². The third kappa shape index (κ3) is 3.61. The number of amides is 2. The van der Waals surface area contributed by atoms with Crippen LogP contribution in [0.15, 0.2) is 30.3 Å². The van der Waals surface area contributed by atoms with E-state index >= 15 is 0 Å². The van der Waals surface area contributed by atoms with Gasteiger partial charge in [0.2, 0.25) is 0 Å². The molecule has 2 N–H and O–H groups in total. The molecule has 1 aromatic carbocycles. The van der Waals surface area contributed by atoms with Gasteiger partial charge in [-0.1, -0.05) is 51.1 Å². The molecule has 4 nitrogen and oxygen atoms in total. The zero-order valence-electron chi connectivity index (χ0n) is 13.9. The van der Waals surface area contributed by atoms with Crippen molar-refractivity contribution in [3.8, 4) is 0 Å². The largest absolute Gasteiger partial charge is 0.396 e. The van der Waals surface area contributed by atoms with Crippen molar-refractivity contribution in [3.63, 3.8) is 0 Å². The Morgan fingerprint density at radius 2 is 2.09 bits per heavy atom. The number of rotatable bonds is 5. The van der Waals surface area contributed by atoms with Crippen LogP contribution in [0.2, 0.25) is 0 Å². The number of likely N-dealkylation sites (tertiary alicyclic amines) is 1. The molecule has 1 aliphatic heterocycles. The van der Waals surface area contributed by atoms with Crippen molar-refractivity contribution in [1.29, 1.82) is 0 Å². The first kappa shape index (κ1) is 16.8. The topological polar surface area (TPSA) is 52.6 Å². The minimum absolute atomic E-state index is 0.00759. The van der Waals surface area contributed by atoms with Gasteiger partial charge in [-0.05, 0) is 18.4 Å². The summed E-state index contributed by atoms with van der Waals surface area (Å²) in [5.74, 6) is 0.230. The lowest BCUT2D eigenvalue weighted by atomic mass is 9.76. The van der Waals surface area contributed by atoms with Gasteiger partial charge in [0, 0.05) is 37.1 Å². The van der Waals surface area contributed by atoms with Gasteiger partial charge in [-0.15, -0.1) is 0 Å². The number of aliphatic hydroxyl groups is 1. The Balaban J connectivity index is 2.04. The molecule has 2 unspecified atom stereocenters. The monoisotopic (exact) mass is 304 g/mol. The maximum Gasteiger partial charge on any atom is 0.317 e. The van der Waals surface area contributed by atoms with E-state index in [9.17, 15) is 9.90 Å². The average molecular weight is 304 g/mol. The lowest BCUT2D eigenvalue weighted by Gasteiger charge is -2.36. The predicted molar refractivity (Wildman–Crippen MR) is 88.8 cm³/mol. The van der Waals surface area contributed by atoms with E-state index in [-0.39, 0.29) is 30.0 Å². The zero-order valence-corrected chi connectivity index (χ0v) is 13.9. The summed E-state index contributed by atoms with van der Waals surface area (Å²) in [6.07, 6.45) is 1.77. The van der Waals surface area contributed by atoms with Crippen molar-refractivity contribution in [3.05, 3.63) is 35.9 Å². The number of benzene rings is 1. The van der Waals surface area contributed by atoms with Crippen LogP contribution in [0, 0.1) is 5.92 Å². The third-order valence-electron chi connectivity index (χ3n) is 4.93. The summed E-state index contributed by atoms with van der Waals surface area (Å²) in [4.78, 5) is 14.3. The Hall–Kier alpha value is -1.55. The van der Waals surface area contributed by atoms with Gasteiger partial charge in [-0.2, -0.15) is 0 Å². The molecule has 1 aliphatic rings. The summed E-state index contributed by atoms with van der Waals surface area (Å²) >= 11 is 0. The minimum Gasteiger partial charge on any atom is -0.396 e. The number of hydrogen-bond donors (Lipinski definition) is 2. The molecule has 0 aromatic heterocycles. The maximum atomic E-state index is 12.5. The van der Waals surface area contributed by atoms with Crippen molar-refractivity contribution in [2.45, 2.75) is 45.1 Å². The van der Waals surface area contributed by atoms with Crippen LogP contribution in [0.5, 0.6) is 0 Å². The Bertz CT molecular complexity index is 487. The lowest BCUT2D eigenvalue weighted by molar-refractivity contribution is 0.188. The molecule has 0 spiro atoms. The molecule has 0 bridgehead atoms. The van der Waals surface area contributed by atoms with Gasteiger partial charge in [0.25, 0.3) is 0 Å². The fraction of sp³-hybridized carbons (Fsp3) is 0.611. The standard InChI is InChI=1S/C18H28N2O2/c1-4-16(18(2,3)15-8-6-5-7-9-15)19-17(22)20-11-10-14(12-20)13-21/h5-9,14,16,21H,4,10-13H2,1-3H3,(H,19,22). The molecule has 22 heavy (non-hydrogen) atoms. The summed E-state index contributed by atoms with van der Waals surface area (Å²) in [6.45, 7) is 8.02. The van der Waals surface area contributed by atoms with Crippen LogP contribution in [0.4, 0.5) is 4.79 Å². The average Bonchev–Trinajstić information content (AvgIpc) is 3.02. The van der Waals surface area contributed by atoms with Crippen LogP contribution in [0.25, 0.3) is 0 Å². The molecule has 122 valence electrons. The molecule has 0 aliphatic carbocycles. The molecule has 2 amide bonds. The first-order chi connectivity index (χ1) is 10.5. The second kappa shape index (κ2) is 7.14. The fourth-order valence-electron chi connectivity index (χ4n) is 3.27. The smallest absolute Gasteiger partial charge is 0.317 e. The predicted octanol–water partition coefficient (Wildman–Crippen LogP) is 2.77. The molecular formula is C18H28N2O2. The molecule has 1 aromatic rings. The molecule has 2 rings (SSSR count). The summed E-state index contributed by atoms with van der Waals surface area (Å²) in [7, 11) is 0. The van der Waals surface area contributed by atoms with Gasteiger partial charge >= 0.3 is 6.03 Å². The van der Waals surface area contributed by atoms with Crippen molar-refractivity contribution in [2.24, 2.45) is 5.92 Å². The molecule has 0 saturated carbocycles. The molecule has 1 saturated heterocycles. The summed E-state index contributed by atoms with van der Waals surface area (Å²) in [5, 5.41) is 12.4. The van der Waals surface area contributed by atoms with E-state index in [0.29, 0.717) is 6.54 Å². The summed E-state index contributed by atoms with van der Waals surface area (Å²) in [6, 6.07) is 10.4. The summed E-state index contributed by atoms with van der Waals surface area (Å²) < 4.78 is 0. The lowest BCUT2D eigenvalue weighted by Crippen LogP contribution is -2.51. The van der Waals surface area contributed by atoms with Crippen molar-refractivity contribution in [1.82, 2.24) is 10.2 Å². The molecular weight excluding hydrogens is 276 g/mol. The molecule has 2 atom stereocenters. The van der Waals surface area contributed by atoms with E-state index < -0.39 is 0 Å². The van der Waals surface area contributed by atoms with Crippen molar-refractivity contribution in [2.75, 3.05) is 19.7 Å². The van der Waals surface area contributed by atoms with E-state index in [1.165, 1.54) is 5.56 Å². The van der Waals surface area contributed by atoms with E-state index in [1.54, 1.807) is 0 Å². The second-order valence-electron chi connectivity index (χ2n) is 6.78. The second-order valence-corrected chi connectivity index (χ2v) is 6.78. The molecule has 1 fully saturated rings. The Labute approximate surface area is 133 Å². The van der Waals surface area contributed by atoms with Crippen LogP contribution in [-0.2, 0) is 5.41 Å². The number of urea groups is 1. The van der Waals surface area contributed by atoms with Gasteiger partial charge in [0.1, 0.15) is 0 Å². The number of carbonyl (C=O) groups is 1. The molecule has 4 heteroatoms. The molecule has 0 radical (unpaired) electrons. The number of aliphatic hydroxyl groups excluding tert-OH is 1. The normalized spacial score (nSPS) is 20.0. The number of nitrogens with one attached hydrogen (secondary N) is 1. The Morgan fingerprint density at radius 3 is 2.64 bits per heavy atom. The van der Waals surface area contributed by atoms with E-state index in [2.05, 4.69) is 38.2 Å². The van der Waals surface area contributed by atoms with Crippen LogP contribution in [0.3, 0.4) is 0 Å². The minimum atomic E-state index is -0.123. The highest BCUT2D eigenvalue weighted by atomic mass is 16.3.